The number of carbonyl (C=O) groups excluding carboxylic acids is 2. The number of fused-ring (bicyclic) bond motifs is 2. The Balaban J connectivity index is 1.52. The van der Waals surface area contributed by atoms with E-state index in [0.29, 0.717) is 52.9 Å². The number of hydroxylamine groups is 2. The van der Waals surface area contributed by atoms with Crippen molar-refractivity contribution in [2.45, 2.75) is 99.1 Å². The average molecular weight is 734 g/mol. The highest BCUT2D eigenvalue weighted by molar-refractivity contribution is 5.97. The van der Waals surface area contributed by atoms with Gasteiger partial charge in [0.05, 0.1) is 25.9 Å². The molecule has 3 N–H and O–H groups in total. The second-order valence-corrected chi connectivity index (χ2v) is 17.8. The van der Waals surface area contributed by atoms with E-state index >= 15 is 0 Å². The largest absolute Gasteiger partial charge is 0.496 e. The first kappa shape index (κ1) is 41.0. The first-order valence-corrected chi connectivity index (χ1v) is 19.8. The molecule has 2 bridgehead atoms. The van der Waals surface area contributed by atoms with Crippen molar-refractivity contribution in [3.63, 3.8) is 0 Å². The molecule has 3 aliphatic carbocycles. The molecule has 8 atom stereocenters. The van der Waals surface area contributed by atoms with Crippen LogP contribution in [0.1, 0.15) is 84.2 Å². The highest BCUT2D eigenvalue weighted by atomic mass is 16.7. The smallest absolute Gasteiger partial charge is 0.251 e. The minimum Gasteiger partial charge on any atom is -0.496 e. The SMILES string of the molecule is CNC(=O)c1cc(-c2cccc(CN3O[C@@H](CN(CC(C)C)CC(C)C)[C@@H]([C@H](C)O)[C@H]3C(=O)N[C@H]3C[C@H]4C[C@@H]([C@@H]3C)C4(C)C)c2OC)cc(N(C)C)c1. The second kappa shape index (κ2) is 16.7. The van der Waals surface area contributed by atoms with Gasteiger partial charge < -0.3 is 30.3 Å². The van der Waals surface area contributed by atoms with Crippen molar-refractivity contribution >= 4 is 17.5 Å². The zero-order valence-corrected chi connectivity index (χ0v) is 34.4. The predicted octanol–water partition coefficient (Wildman–Crippen LogP) is 6.07. The van der Waals surface area contributed by atoms with E-state index < -0.39 is 18.1 Å². The molecule has 294 valence electrons. The number of nitrogens with one attached hydrogen (secondary N) is 2. The summed E-state index contributed by atoms with van der Waals surface area (Å²) in [6.07, 6.45) is 1.04. The van der Waals surface area contributed by atoms with Crippen molar-refractivity contribution in [3.05, 3.63) is 47.5 Å². The molecule has 2 aromatic rings. The second-order valence-electron chi connectivity index (χ2n) is 17.8. The van der Waals surface area contributed by atoms with Crippen LogP contribution in [0.25, 0.3) is 11.1 Å². The zero-order chi connectivity index (χ0) is 38.9. The number of aliphatic hydroxyl groups is 1. The third kappa shape index (κ3) is 8.71. The molecule has 6 rings (SSSR count). The lowest BCUT2D eigenvalue weighted by molar-refractivity contribution is -0.180. The van der Waals surface area contributed by atoms with Gasteiger partial charge in [0, 0.05) is 75.1 Å². The first-order valence-electron chi connectivity index (χ1n) is 19.8. The number of anilines is 1. The number of rotatable bonds is 15. The molecule has 1 heterocycles. The lowest BCUT2D eigenvalue weighted by Crippen LogP contribution is -2.62. The number of benzene rings is 2. The molecule has 53 heavy (non-hydrogen) atoms. The van der Waals surface area contributed by atoms with Crippen LogP contribution in [-0.4, -0.2) is 99.1 Å². The molecule has 0 unspecified atom stereocenters. The molecule has 3 saturated carbocycles. The first-order chi connectivity index (χ1) is 25.0. The molecular weight excluding hydrogens is 667 g/mol. The maximum absolute atomic E-state index is 14.7. The molecule has 0 spiro atoms. The van der Waals surface area contributed by atoms with E-state index in [-0.39, 0.29) is 30.5 Å². The van der Waals surface area contributed by atoms with E-state index in [4.69, 9.17) is 9.57 Å². The number of aliphatic hydroxyl groups excluding tert-OH is 1. The molecule has 2 aromatic carbocycles. The van der Waals surface area contributed by atoms with Crippen LogP contribution in [0.3, 0.4) is 0 Å². The summed E-state index contributed by atoms with van der Waals surface area (Å²) in [6.45, 7) is 20.4. The Kier molecular flexibility index (Phi) is 12.9. The Labute approximate surface area is 318 Å². The molecule has 4 aliphatic rings. The summed E-state index contributed by atoms with van der Waals surface area (Å²) in [5, 5.41) is 19.5. The Hall–Kier alpha value is -3.18. The van der Waals surface area contributed by atoms with Gasteiger partial charge in [-0.3, -0.25) is 14.4 Å². The number of methoxy groups -OCH3 is 1. The van der Waals surface area contributed by atoms with Crippen LogP contribution in [0.4, 0.5) is 5.69 Å². The van der Waals surface area contributed by atoms with Gasteiger partial charge in [-0.25, -0.2) is 0 Å². The Morgan fingerprint density at radius 2 is 1.74 bits per heavy atom. The number of amides is 2. The van der Waals surface area contributed by atoms with Crippen molar-refractivity contribution in [1.82, 2.24) is 20.6 Å². The predicted molar refractivity (Wildman–Crippen MR) is 213 cm³/mol. The van der Waals surface area contributed by atoms with Gasteiger partial charge in [0.25, 0.3) is 5.91 Å². The van der Waals surface area contributed by atoms with Crippen LogP contribution in [0.15, 0.2) is 36.4 Å². The standard InChI is InChI=1S/C43H67N5O5/c1-25(2)21-47(22-26(3)4)24-37-38(28(6)49)39(42(51)45-36-20-32-19-35(27(36)5)43(32,7)8)48(53-37)23-29-14-13-15-34(40(29)52-12)30-16-31(41(50)44-9)18-33(17-30)46(10)11/h13-18,25-28,32,35-39,49H,19-24H2,1-12H3,(H,44,50)(H,45,51)/t27-,28-,32+,35-,36-,37-,38+,39-/m0/s1. The van der Waals surface area contributed by atoms with E-state index in [0.717, 1.165) is 41.9 Å². The van der Waals surface area contributed by atoms with Crippen molar-refractivity contribution in [1.29, 1.82) is 0 Å². The number of hydrogen-bond donors (Lipinski definition) is 3. The summed E-state index contributed by atoms with van der Waals surface area (Å²) in [5.41, 5.74) is 4.27. The van der Waals surface area contributed by atoms with Crippen molar-refractivity contribution in [2.75, 3.05) is 52.8 Å². The van der Waals surface area contributed by atoms with Gasteiger partial charge >= 0.3 is 0 Å². The maximum Gasteiger partial charge on any atom is 0.251 e. The van der Waals surface area contributed by atoms with Crippen LogP contribution in [0.2, 0.25) is 0 Å². The Morgan fingerprint density at radius 3 is 2.28 bits per heavy atom. The van der Waals surface area contributed by atoms with Crippen LogP contribution < -0.4 is 20.3 Å². The van der Waals surface area contributed by atoms with Crippen LogP contribution in [0, 0.1) is 40.9 Å². The maximum atomic E-state index is 14.7. The number of ether oxygens (including phenoxy) is 1. The molecule has 10 heteroatoms. The molecule has 10 nitrogen and oxygen atoms in total. The summed E-state index contributed by atoms with van der Waals surface area (Å²) >= 11 is 0. The van der Waals surface area contributed by atoms with Crippen LogP contribution in [-0.2, 0) is 16.2 Å². The van der Waals surface area contributed by atoms with E-state index in [1.165, 1.54) is 6.42 Å². The average Bonchev–Trinajstić information content (AvgIpc) is 3.44. The summed E-state index contributed by atoms with van der Waals surface area (Å²) in [5.74, 6) is 2.43. The fraction of sp³-hybridized carbons (Fsp3) is 0.674. The van der Waals surface area contributed by atoms with Crippen molar-refractivity contribution < 1.29 is 24.3 Å². The lowest BCUT2D eigenvalue weighted by Gasteiger charge is -2.62. The van der Waals surface area contributed by atoms with Gasteiger partial charge in [0.2, 0.25) is 5.91 Å². The molecule has 2 amide bonds. The molecule has 0 radical (unpaired) electrons. The fourth-order valence-corrected chi connectivity index (χ4v) is 9.64. The van der Waals surface area contributed by atoms with Gasteiger partial charge in [0.15, 0.2) is 0 Å². The van der Waals surface area contributed by atoms with Gasteiger partial charge in [0.1, 0.15) is 11.8 Å². The highest BCUT2D eigenvalue weighted by Gasteiger charge is 2.57. The third-order valence-electron chi connectivity index (χ3n) is 12.4. The number of carbonyl (C=O) groups is 2. The number of para-hydroxylation sites is 1. The topological polar surface area (TPSA) is 107 Å². The van der Waals surface area contributed by atoms with Crippen LogP contribution >= 0.6 is 0 Å². The molecule has 0 aromatic heterocycles. The summed E-state index contributed by atoms with van der Waals surface area (Å²) in [4.78, 5) is 38.8. The molecule has 4 fully saturated rings. The summed E-state index contributed by atoms with van der Waals surface area (Å²) in [6, 6.07) is 11.2. The van der Waals surface area contributed by atoms with E-state index in [2.05, 4.69) is 64.0 Å². The van der Waals surface area contributed by atoms with Crippen LogP contribution in [0.5, 0.6) is 5.75 Å². The summed E-state index contributed by atoms with van der Waals surface area (Å²) in [7, 11) is 7.19. The lowest BCUT2D eigenvalue weighted by atomic mass is 9.45. The zero-order valence-electron chi connectivity index (χ0n) is 34.4. The van der Waals surface area contributed by atoms with E-state index in [9.17, 15) is 14.7 Å². The fourth-order valence-electron chi connectivity index (χ4n) is 9.64. The Bertz CT molecular complexity index is 1580. The molecule has 1 aliphatic heterocycles. The minimum atomic E-state index is -0.776. The van der Waals surface area contributed by atoms with Gasteiger partial charge in [-0.2, -0.15) is 5.06 Å². The third-order valence-corrected chi connectivity index (χ3v) is 12.4. The molecule has 1 saturated heterocycles. The van der Waals surface area contributed by atoms with Gasteiger partial charge in [-0.05, 0) is 78.5 Å². The Morgan fingerprint density at radius 1 is 1.06 bits per heavy atom. The van der Waals surface area contributed by atoms with Gasteiger partial charge in [-0.1, -0.05) is 66.7 Å². The van der Waals surface area contributed by atoms with Crippen molar-refractivity contribution in [3.8, 4) is 16.9 Å². The number of nitrogens with zero attached hydrogens (tertiary/aromatic N) is 3. The van der Waals surface area contributed by atoms with E-state index in [1.54, 1.807) is 21.1 Å². The normalized spacial score (nSPS) is 27.1. The van der Waals surface area contributed by atoms with E-state index in [1.807, 2.05) is 60.5 Å². The quantitative estimate of drug-likeness (QED) is 0.203. The highest BCUT2D eigenvalue weighted by Crippen LogP contribution is 2.61. The van der Waals surface area contributed by atoms with Crippen molar-refractivity contribution in [2.24, 2.45) is 40.9 Å². The number of hydrogen-bond acceptors (Lipinski definition) is 8. The monoisotopic (exact) mass is 734 g/mol. The van der Waals surface area contributed by atoms with Gasteiger partial charge in [-0.15, -0.1) is 0 Å². The molecular formula is C43H67N5O5. The summed E-state index contributed by atoms with van der Waals surface area (Å²) < 4.78 is 6.13. The minimum absolute atomic E-state index is 0.0855.